The summed E-state index contributed by atoms with van der Waals surface area (Å²) in [6.07, 6.45) is 0. The van der Waals surface area contributed by atoms with Gasteiger partial charge in [-0.05, 0) is 12.1 Å². The van der Waals surface area contributed by atoms with Gasteiger partial charge in [0.05, 0.1) is 0 Å². The second-order valence-corrected chi connectivity index (χ2v) is 1.71. The summed E-state index contributed by atoms with van der Waals surface area (Å²) >= 11 is 0. The molecule has 1 rings (SSSR count). The number of rotatable bonds is 2. The van der Waals surface area contributed by atoms with Crippen LogP contribution in [0.25, 0.3) is 0 Å². The third-order valence-corrected chi connectivity index (χ3v) is 1.02. The van der Waals surface area contributed by atoms with Crippen molar-refractivity contribution in [3.8, 4) is 0 Å². The van der Waals surface area contributed by atoms with Crippen molar-refractivity contribution in [2.45, 2.75) is 6.61 Å². The number of aliphatic hydroxyl groups is 1. The van der Waals surface area contributed by atoms with Gasteiger partial charge in [-0.1, -0.05) is 0 Å². The molecule has 5 heteroatoms. The smallest absolute Gasteiger partial charge is 0.542 e. The number of furan rings is 1. The molecule has 0 fully saturated rings. The van der Waals surface area contributed by atoms with E-state index in [0.717, 1.165) is 0 Å². The number of carboxylic acids is 1. The zero-order valence-electron chi connectivity index (χ0n) is 6.03. The number of carbonyl (C=O) groups excluding carboxylic acids is 1. The minimum Gasteiger partial charge on any atom is -0.542 e. The summed E-state index contributed by atoms with van der Waals surface area (Å²) in [5, 5.41) is 18.5. The average molecular weight is 164 g/mol. The van der Waals surface area contributed by atoms with Crippen LogP contribution in [0.5, 0.6) is 0 Å². The Balaban J connectivity index is 0.000001000. The van der Waals surface area contributed by atoms with Crippen LogP contribution in [0, 0.1) is 0 Å². The predicted octanol–water partition coefficient (Wildman–Crippen LogP) is -3.86. The van der Waals surface area contributed by atoms with Crippen molar-refractivity contribution in [1.82, 2.24) is 0 Å². The van der Waals surface area contributed by atoms with E-state index in [1.165, 1.54) is 12.1 Å². The Morgan fingerprint density at radius 1 is 1.64 bits per heavy atom. The summed E-state index contributed by atoms with van der Waals surface area (Å²) in [6.45, 7) is -0.298. The summed E-state index contributed by atoms with van der Waals surface area (Å²) < 4.78 is 4.58. The molecule has 11 heavy (non-hydrogen) atoms. The molecule has 1 aromatic heterocycles. The molecule has 1 heterocycles. The Labute approximate surface area is 85.1 Å². The molecule has 0 unspecified atom stereocenters. The first-order chi connectivity index (χ1) is 4.74. The van der Waals surface area contributed by atoms with Gasteiger partial charge in [-0.25, -0.2) is 0 Å². The minimum absolute atomic E-state index is 0. The minimum atomic E-state index is -1.38. The zero-order chi connectivity index (χ0) is 7.56. The normalized spacial score (nSPS) is 8.82. The van der Waals surface area contributed by atoms with E-state index in [9.17, 15) is 9.90 Å². The summed E-state index contributed by atoms with van der Waals surface area (Å²) in [7, 11) is 0. The molecule has 0 radical (unpaired) electrons. The summed E-state index contributed by atoms with van der Waals surface area (Å²) in [4.78, 5) is 10.0. The number of carbonyl (C=O) groups is 1. The molecule has 0 aliphatic heterocycles. The van der Waals surface area contributed by atoms with E-state index >= 15 is 0 Å². The first-order valence-corrected chi connectivity index (χ1v) is 2.65. The van der Waals surface area contributed by atoms with Gasteiger partial charge < -0.3 is 19.4 Å². The van der Waals surface area contributed by atoms with Crippen LogP contribution in [-0.4, -0.2) is 11.1 Å². The molecule has 0 amide bonds. The molecule has 1 N–H and O–H groups in total. The van der Waals surface area contributed by atoms with Crippen LogP contribution in [0.3, 0.4) is 0 Å². The molecule has 0 aliphatic carbocycles. The van der Waals surface area contributed by atoms with Crippen molar-refractivity contribution in [3.63, 3.8) is 0 Å². The van der Waals surface area contributed by atoms with Crippen molar-refractivity contribution < 1.29 is 49.0 Å². The molecule has 0 aliphatic rings. The molecule has 54 valence electrons. The second-order valence-electron chi connectivity index (χ2n) is 1.71. The third-order valence-electron chi connectivity index (χ3n) is 1.02. The fourth-order valence-corrected chi connectivity index (χ4v) is 0.573. The van der Waals surface area contributed by atoms with Crippen LogP contribution in [-0.2, 0) is 6.61 Å². The van der Waals surface area contributed by atoms with Crippen LogP contribution in [0.15, 0.2) is 16.5 Å². The Bertz CT molecular complexity index is 242. The molecule has 0 aromatic carbocycles. The average Bonchev–Trinajstić information content (AvgIpc) is 2.34. The third kappa shape index (κ3) is 2.67. The molecule has 4 nitrogen and oxygen atoms in total. The summed E-state index contributed by atoms with van der Waals surface area (Å²) in [5.74, 6) is -1.41. The van der Waals surface area contributed by atoms with Gasteiger partial charge >= 0.3 is 29.6 Å². The maximum atomic E-state index is 10.0. The molecule has 0 bridgehead atoms. The van der Waals surface area contributed by atoms with Gasteiger partial charge in [-0.2, -0.15) is 0 Å². The van der Waals surface area contributed by atoms with E-state index in [4.69, 9.17) is 5.11 Å². The molecule has 0 spiro atoms. The number of hydrogen-bond donors (Lipinski definition) is 1. The van der Waals surface area contributed by atoms with Gasteiger partial charge in [-0.3, -0.25) is 0 Å². The fraction of sp³-hybridized carbons (Fsp3) is 0.167. The summed E-state index contributed by atoms with van der Waals surface area (Å²) in [5.41, 5.74) is 0. The summed E-state index contributed by atoms with van der Waals surface area (Å²) in [6, 6.07) is 2.62. The van der Waals surface area contributed by atoms with Gasteiger partial charge in [0, 0.05) is 0 Å². The van der Waals surface area contributed by atoms with E-state index < -0.39 is 5.97 Å². The predicted molar refractivity (Wildman–Crippen MR) is 29.0 cm³/mol. The van der Waals surface area contributed by atoms with E-state index in [0.29, 0.717) is 0 Å². The van der Waals surface area contributed by atoms with Crippen LogP contribution in [0.1, 0.15) is 16.3 Å². The number of hydrogen-bond acceptors (Lipinski definition) is 4. The van der Waals surface area contributed by atoms with E-state index in [1.807, 2.05) is 0 Å². The fourth-order valence-electron chi connectivity index (χ4n) is 0.573. The second kappa shape index (κ2) is 4.56. The Morgan fingerprint density at radius 3 is 2.55 bits per heavy atom. The van der Waals surface area contributed by atoms with Crippen molar-refractivity contribution in [2.75, 3.05) is 0 Å². The van der Waals surface area contributed by atoms with Gasteiger partial charge in [0.15, 0.2) is 0 Å². The van der Waals surface area contributed by atoms with E-state index in [1.54, 1.807) is 0 Å². The Morgan fingerprint density at radius 2 is 2.27 bits per heavy atom. The van der Waals surface area contributed by atoms with Crippen LogP contribution in [0.2, 0.25) is 0 Å². The van der Waals surface area contributed by atoms with Crippen LogP contribution in [0.4, 0.5) is 0 Å². The number of carboxylic acid groups (broad SMARTS) is 1. The molecular weight excluding hydrogens is 159 g/mol. The molecule has 0 atom stereocenters. The maximum absolute atomic E-state index is 10.0. The molecule has 0 saturated heterocycles. The maximum Gasteiger partial charge on any atom is 1.00 e. The first-order valence-electron chi connectivity index (χ1n) is 2.65. The van der Waals surface area contributed by atoms with Crippen molar-refractivity contribution in [3.05, 3.63) is 23.7 Å². The monoisotopic (exact) mass is 164 g/mol. The van der Waals surface area contributed by atoms with Gasteiger partial charge in [0.2, 0.25) is 0 Å². The topological polar surface area (TPSA) is 73.5 Å². The van der Waals surface area contributed by atoms with Gasteiger partial charge in [0.25, 0.3) is 0 Å². The molecular formula is C6H5NaO4. The van der Waals surface area contributed by atoms with Crippen molar-refractivity contribution in [1.29, 1.82) is 0 Å². The zero-order valence-corrected chi connectivity index (χ0v) is 8.03. The SMILES string of the molecule is O=C([O-])c1ccc(CO)o1.[Na+]. The standard InChI is InChI=1S/C6H6O4.Na/c7-3-4-1-2-5(10-4)6(8)9;/h1-2,7H,3H2,(H,8,9);/q;+1/p-1. The van der Waals surface area contributed by atoms with E-state index in [-0.39, 0.29) is 47.7 Å². The number of aliphatic hydroxyl groups excluding tert-OH is 1. The van der Waals surface area contributed by atoms with Crippen LogP contribution >= 0.6 is 0 Å². The van der Waals surface area contributed by atoms with Crippen molar-refractivity contribution in [2.24, 2.45) is 0 Å². The molecule has 0 saturated carbocycles. The quantitative estimate of drug-likeness (QED) is 0.454. The van der Waals surface area contributed by atoms with Gasteiger partial charge in [0.1, 0.15) is 24.1 Å². The van der Waals surface area contributed by atoms with Crippen molar-refractivity contribution >= 4 is 5.97 Å². The Hall–Kier alpha value is -0.290. The Kier molecular flexibility index (Phi) is 4.44. The van der Waals surface area contributed by atoms with Gasteiger partial charge in [-0.15, -0.1) is 0 Å². The number of aromatic carboxylic acids is 1. The van der Waals surface area contributed by atoms with Crippen LogP contribution < -0.4 is 34.7 Å². The first kappa shape index (κ1) is 10.7. The largest absolute Gasteiger partial charge is 1.00 e. The molecule has 1 aromatic rings. The van der Waals surface area contributed by atoms with E-state index in [2.05, 4.69) is 4.42 Å².